The second-order valence-electron chi connectivity index (χ2n) is 6.06. The summed E-state index contributed by atoms with van der Waals surface area (Å²) in [6.07, 6.45) is 0.322. The smallest absolute Gasteiger partial charge is 0.317 e. The molecule has 2 aromatic rings. The number of rotatable bonds is 4. The molecule has 3 amide bonds. The minimum Gasteiger partial charge on any atom is -0.338 e. The maximum Gasteiger partial charge on any atom is 0.317 e. The van der Waals surface area contributed by atoms with Crippen molar-refractivity contribution in [1.82, 2.24) is 20.1 Å². The standard InChI is InChI=1S/C17H18N4O2S/c22-15(20-9-14(10-20)21-7-6-18-17(21)23)8-13-11-24-16(19-13)12-4-2-1-3-5-12/h1-5,11,14H,6-10H2,(H,18,23). The lowest BCUT2D eigenvalue weighted by molar-refractivity contribution is -0.136. The van der Waals surface area contributed by atoms with Gasteiger partial charge in [0.2, 0.25) is 5.91 Å². The van der Waals surface area contributed by atoms with Crippen LogP contribution < -0.4 is 5.32 Å². The van der Waals surface area contributed by atoms with Crippen molar-refractivity contribution in [3.63, 3.8) is 0 Å². The van der Waals surface area contributed by atoms with Gasteiger partial charge in [-0.25, -0.2) is 9.78 Å². The highest BCUT2D eigenvalue weighted by Crippen LogP contribution is 2.24. The fourth-order valence-electron chi connectivity index (χ4n) is 3.06. The van der Waals surface area contributed by atoms with Crippen molar-refractivity contribution in [2.24, 2.45) is 0 Å². The Morgan fingerprint density at radius 3 is 2.79 bits per heavy atom. The Labute approximate surface area is 144 Å². The van der Waals surface area contributed by atoms with Crippen LogP contribution in [0.3, 0.4) is 0 Å². The first-order valence-electron chi connectivity index (χ1n) is 8.03. The Hall–Kier alpha value is -2.41. The van der Waals surface area contributed by atoms with Gasteiger partial charge in [0, 0.05) is 37.1 Å². The van der Waals surface area contributed by atoms with Gasteiger partial charge in [-0.3, -0.25) is 4.79 Å². The van der Waals surface area contributed by atoms with Gasteiger partial charge in [0.1, 0.15) is 5.01 Å². The molecular formula is C17H18N4O2S. The number of aromatic nitrogens is 1. The summed E-state index contributed by atoms with van der Waals surface area (Å²) in [6.45, 7) is 2.69. The highest BCUT2D eigenvalue weighted by atomic mass is 32.1. The van der Waals surface area contributed by atoms with Crippen LogP contribution in [0.1, 0.15) is 5.69 Å². The molecule has 0 unspecified atom stereocenters. The second kappa shape index (κ2) is 6.24. The van der Waals surface area contributed by atoms with Crippen molar-refractivity contribution in [1.29, 1.82) is 0 Å². The minimum absolute atomic E-state index is 0.0147. The molecule has 0 bridgehead atoms. The first-order chi connectivity index (χ1) is 11.7. The van der Waals surface area contributed by atoms with Crippen LogP contribution in [0.25, 0.3) is 10.6 Å². The first kappa shape index (κ1) is 15.1. The van der Waals surface area contributed by atoms with Crippen molar-refractivity contribution < 1.29 is 9.59 Å². The minimum atomic E-state index is -0.0147. The average Bonchev–Trinajstić information content (AvgIpc) is 3.17. The lowest BCUT2D eigenvalue weighted by atomic mass is 10.1. The van der Waals surface area contributed by atoms with Crippen LogP contribution in [0.2, 0.25) is 0 Å². The number of benzene rings is 1. The third-order valence-electron chi connectivity index (χ3n) is 4.45. The maximum absolute atomic E-state index is 12.4. The number of nitrogens with zero attached hydrogens (tertiary/aromatic N) is 3. The molecule has 2 fully saturated rings. The van der Waals surface area contributed by atoms with Crippen LogP contribution in [0.15, 0.2) is 35.7 Å². The Bertz CT molecular complexity index is 755. The van der Waals surface area contributed by atoms with Crippen LogP contribution in [0, 0.1) is 0 Å². The summed E-state index contributed by atoms with van der Waals surface area (Å²) in [6, 6.07) is 10.1. The molecule has 4 rings (SSSR count). The van der Waals surface area contributed by atoms with E-state index < -0.39 is 0 Å². The number of nitrogens with one attached hydrogen (secondary N) is 1. The van der Waals surface area contributed by atoms with E-state index in [1.807, 2.05) is 40.6 Å². The molecule has 0 aliphatic carbocycles. The Morgan fingerprint density at radius 2 is 2.08 bits per heavy atom. The van der Waals surface area contributed by atoms with Gasteiger partial charge in [-0.15, -0.1) is 11.3 Å². The van der Waals surface area contributed by atoms with Gasteiger partial charge in [-0.2, -0.15) is 0 Å². The quantitative estimate of drug-likeness (QED) is 0.918. The lowest BCUT2D eigenvalue weighted by Gasteiger charge is -2.43. The van der Waals surface area contributed by atoms with Gasteiger partial charge in [0.05, 0.1) is 18.2 Å². The number of carbonyl (C=O) groups is 2. The van der Waals surface area contributed by atoms with Gasteiger partial charge >= 0.3 is 6.03 Å². The number of hydrogen-bond donors (Lipinski definition) is 1. The topological polar surface area (TPSA) is 65.5 Å². The maximum atomic E-state index is 12.4. The van der Waals surface area contributed by atoms with Crippen LogP contribution in [-0.4, -0.2) is 58.9 Å². The molecule has 6 nitrogen and oxygen atoms in total. The average molecular weight is 342 g/mol. The molecule has 0 radical (unpaired) electrons. The van der Waals surface area contributed by atoms with Gasteiger partial charge in [0.25, 0.3) is 0 Å². The van der Waals surface area contributed by atoms with Crippen LogP contribution in [0.4, 0.5) is 4.79 Å². The van der Waals surface area contributed by atoms with Crippen molar-refractivity contribution in [3.8, 4) is 10.6 Å². The van der Waals surface area contributed by atoms with Crippen molar-refractivity contribution in [2.75, 3.05) is 26.2 Å². The molecule has 24 heavy (non-hydrogen) atoms. The molecule has 1 aromatic heterocycles. The predicted octanol–water partition coefficient (Wildman–Crippen LogP) is 1.59. The van der Waals surface area contributed by atoms with E-state index in [1.165, 1.54) is 0 Å². The fourth-order valence-corrected chi connectivity index (χ4v) is 3.88. The third-order valence-corrected chi connectivity index (χ3v) is 5.39. The number of thiazole rings is 1. The lowest BCUT2D eigenvalue weighted by Crippen LogP contribution is -2.61. The molecule has 7 heteroatoms. The number of carbonyl (C=O) groups excluding carboxylic acids is 2. The predicted molar refractivity (Wildman–Crippen MR) is 91.7 cm³/mol. The molecule has 2 aliphatic rings. The van der Waals surface area contributed by atoms with Crippen molar-refractivity contribution in [3.05, 3.63) is 41.4 Å². The molecule has 1 N–H and O–H groups in total. The van der Waals surface area contributed by atoms with E-state index in [1.54, 1.807) is 16.2 Å². The zero-order valence-corrected chi connectivity index (χ0v) is 14.0. The van der Waals surface area contributed by atoms with Crippen molar-refractivity contribution in [2.45, 2.75) is 12.5 Å². The van der Waals surface area contributed by atoms with E-state index in [-0.39, 0.29) is 18.0 Å². The van der Waals surface area contributed by atoms with Crippen molar-refractivity contribution >= 4 is 23.3 Å². The van der Waals surface area contributed by atoms with Gasteiger partial charge in [0.15, 0.2) is 0 Å². The third kappa shape index (κ3) is 2.87. The zero-order valence-electron chi connectivity index (χ0n) is 13.1. The molecule has 0 saturated carbocycles. The molecule has 3 heterocycles. The SMILES string of the molecule is O=C(Cc1csc(-c2ccccc2)n1)N1CC(N2CCNC2=O)C1. The second-order valence-corrected chi connectivity index (χ2v) is 6.92. The largest absolute Gasteiger partial charge is 0.338 e. The first-order valence-corrected chi connectivity index (χ1v) is 8.91. The van der Waals surface area contributed by atoms with Gasteiger partial charge in [-0.05, 0) is 0 Å². The molecular weight excluding hydrogens is 324 g/mol. The molecule has 124 valence electrons. The van der Waals surface area contributed by atoms with Crippen LogP contribution in [-0.2, 0) is 11.2 Å². The van der Waals surface area contributed by atoms with Gasteiger partial charge in [-0.1, -0.05) is 30.3 Å². The monoisotopic (exact) mass is 342 g/mol. The summed E-state index contributed by atoms with van der Waals surface area (Å²) in [7, 11) is 0. The molecule has 2 aliphatic heterocycles. The number of hydrogen-bond acceptors (Lipinski definition) is 4. The van der Waals surface area contributed by atoms with E-state index in [4.69, 9.17) is 0 Å². The van der Waals surface area contributed by atoms with E-state index >= 15 is 0 Å². The fraction of sp³-hybridized carbons (Fsp3) is 0.353. The van der Waals surface area contributed by atoms with E-state index in [9.17, 15) is 9.59 Å². The van der Waals surface area contributed by atoms with Gasteiger partial charge < -0.3 is 15.1 Å². The number of urea groups is 1. The van der Waals surface area contributed by atoms with Crippen LogP contribution >= 0.6 is 11.3 Å². The normalized spacial score (nSPS) is 17.8. The Morgan fingerprint density at radius 1 is 1.29 bits per heavy atom. The Kier molecular flexibility index (Phi) is 3.93. The van der Waals surface area contributed by atoms with E-state index in [0.717, 1.165) is 22.8 Å². The summed E-state index contributed by atoms with van der Waals surface area (Å²) in [5.74, 6) is 0.0794. The molecule has 2 saturated heterocycles. The van der Waals surface area contributed by atoms with E-state index in [0.29, 0.717) is 26.1 Å². The highest BCUT2D eigenvalue weighted by molar-refractivity contribution is 7.13. The summed E-state index contributed by atoms with van der Waals surface area (Å²) in [4.78, 5) is 32.2. The van der Waals surface area contributed by atoms with Crippen LogP contribution in [0.5, 0.6) is 0 Å². The Balaban J connectivity index is 1.33. The summed E-state index contributed by atoms with van der Waals surface area (Å²) >= 11 is 1.56. The summed E-state index contributed by atoms with van der Waals surface area (Å²) in [5, 5.41) is 5.68. The highest BCUT2D eigenvalue weighted by Gasteiger charge is 2.38. The number of amides is 3. The summed E-state index contributed by atoms with van der Waals surface area (Å²) < 4.78 is 0. The molecule has 0 atom stereocenters. The molecule has 0 spiro atoms. The summed E-state index contributed by atoms with van der Waals surface area (Å²) in [5.41, 5.74) is 1.89. The zero-order chi connectivity index (χ0) is 16.5. The number of likely N-dealkylation sites (tertiary alicyclic amines) is 1. The van der Waals surface area contributed by atoms with E-state index in [2.05, 4.69) is 10.3 Å². The molecule has 1 aromatic carbocycles.